The van der Waals surface area contributed by atoms with Gasteiger partial charge in [-0.1, -0.05) is 44.0 Å². The second-order valence-electron chi connectivity index (χ2n) is 7.20. The highest BCUT2D eigenvalue weighted by Crippen LogP contribution is 2.22. The highest BCUT2D eigenvalue weighted by molar-refractivity contribution is 6.06. The zero-order valence-corrected chi connectivity index (χ0v) is 16.3. The van der Waals surface area contributed by atoms with E-state index in [-0.39, 0.29) is 11.8 Å². The second-order valence-corrected chi connectivity index (χ2v) is 7.20. The Kier molecular flexibility index (Phi) is 6.28. The van der Waals surface area contributed by atoms with Crippen LogP contribution in [0.1, 0.15) is 64.4 Å². The van der Waals surface area contributed by atoms with Crippen LogP contribution in [0.5, 0.6) is 0 Å². The van der Waals surface area contributed by atoms with Crippen molar-refractivity contribution in [3.05, 3.63) is 64.7 Å². The average Bonchev–Trinajstić information content (AvgIpc) is 2.98. The van der Waals surface area contributed by atoms with E-state index in [1.165, 1.54) is 12.8 Å². The SMILES string of the molecule is CCc1cccc(C)c1NC(=O)c1cccc(C(=O)N2CCCCCC2)c1. The number of benzene rings is 2. The molecule has 1 heterocycles. The molecule has 1 saturated heterocycles. The Morgan fingerprint density at radius 2 is 1.63 bits per heavy atom. The number of anilines is 1. The number of rotatable bonds is 4. The molecule has 2 aromatic carbocycles. The van der Waals surface area contributed by atoms with Crippen LogP contribution in [0.25, 0.3) is 0 Å². The summed E-state index contributed by atoms with van der Waals surface area (Å²) in [6, 6.07) is 13.1. The number of hydrogen-bond donors (Lipinski definition) is 1. The van der Waals surface area contributed by atoms with Crippen LogP contribution >= 0.6 is 0 Å². The Balaban J connectivity index is 1.79. The summed E-state index contributed by atoms with van der Waals surface area (Å²) in [4.78, 5) is 27.6. The van der Waals surface area contributed by atoms with E-state index in [4.69, 9.17) is 0 Å². The number of para-hydroxylation sites is 1. The highest BCUT2D eigenvalue weighted by atomic mass is 16.2. The smallest absolute Gasteiger partial charge is 0.255 e. The number of carbonyl (C=O) groups excluding carboxylic acids is 2. The molecule has 3 rings (SSSR count). The van der Waals surface area contributed by atoms with Crippen molar-refractivity contribution in [1.82, 2.24) is 4.90 Å². The van der Waals surface area contributed by atoms with E-state index in [0.717, 1.165) is 49.2 Å². The summed E-state index contributed by atoms with van der Waals surface area (Å²) in [5.41, 5.74) is 4.12. The van der Waals surface area contributed by atoms with Gasteiger partial charge in [0.05, 0.1) is 0 Å². The van der Waals surface area contributed by atoms with Crippen molar-refractivity contribution in [2.75, 3.05) is 18.4 Å². The van der Waals surface area contributed by atoms with Gasteiger partial charge in [-0.2, -0.15) is 0 Å². The van der Waals surface area contributed by atoms with E-state index < -0.39 is 0 Å². The molecule has 0 aliphatic carbocycles. The molecule has 4 heteroatoms. The second kappa shape index (κ2) is 8.85. The summed E-state index contributed by atoms with van der Waals surface area (Å²) in [6.45, 7) is 5.68. The van der Waals surface area contributed by atoms with Gasteiger partial charge in [-0.15, -0.1) is 0 Å². The quantitative estimate of drug-likeness (QED) is 0.845. The van der Waals surface area contributed by atoms with Gasteiger partial charge in [-0.25, -0.2) is 0 Å². The highest BCUT2D eigenvalue weighted by Gasteiger charge is 2.19. The Labute approximate surface area is 161 Å². The molecule has 142 valence electrons. The molecule has 0 radical (unpaired) electrons. The first kappa shape index (κ1) is 19.2. The Morgan fingerprint density at radius 3 is 2.33 bits per heavy atom. The molecule has 1 fully saturated rings. The Morgan fingerprint density at radius 1 is 0.963 bits per heavy atom. The molecule has 4 nitrogen and oxygen atoms in total. The van der Waals surface area contributed by atoms with Gasteiger partial charge in [0.1, 0.15) is 0 Å². The van der Waals surface area contributed by atoms with E-state index in [2.05, 4.69) is 12.2 Å². The summed E-state index contributed by atoms with van der Waals surface area (Å²) in [5, 5.41) is 3.04. The zero-order chi connectivity index (χ0) is 19.2. The summed E-state index contributed by atoms with van der Waals surface area (Å²) in [5.74, 6) is -0.152. The summed E-state index contributed by atoms with van der Waals surface area (Å²) in [6.07, 6.45) is 5.33. The Bertz CT molecular complexity index is 821. The fourth-order valence-corrected chi connectivity index (χ4v) is 3.64. The maximum Gasteiger partial charge on any atom is 0.255 e. The van der Waals surface area contributed by atoms with Crippen LogP contribution in [0.3, 0.4) is 0 Å². The minimum absolute atomic E-state index is 0.0247. The molecule has 0 unspecified atom stereocenters. The molecule has 0 spiro atoms. The van der Waals surface area contributed by atoms with Crippen molar-refractivity contribution < 1.29 is 9.59 Å². The van der Waals surface area contributed by atoms with E-state index in [1.54, 1.807) is 24.3 Å². The van der Waals surface area contributed by atoms with Crippen molar-refractivity contribution in [3.63, 3.8) is 0 Å². The van der Waals surface area contributed by atoms with Crippen LogP contribution in [0.4, 0.5) is 5.69 Å². The van der Waals surface area contributed by atoms with Gasteiger partial charge in [0.25, 0.3) is 11.8 Å². The monoisotopic (exact) mass is 364 g/mol. The lowest BCUT2D eigenvalue weighted by Crippen LogP contribution is -2.32. The molecule has 2 amide bonds. The van der Waals surface area contributed by atoms with Gasteiger partial charge in [0, 0.05) is 29.9 Å². The molecule has 0 aromatic heterocycles. The van der Waals surface area contributed by atoms with Gasteiger partial charge < -0.3 is 10.2 Å². The van der Waals surface area contributed by atoms with Crippen molar-refractivity contribution >= 4 is 17.5 Å². The molecular weight excluding hydrogens is 336 g/mol. The molecule has 1 N–H and O–H groups in total. The first-order valence-electron chi connectivity index (χ1n) is 9.89. The molecule has 0 saturated carbocycles. The fourth-order valence-electron chi connectivity index (χ4n) is 3.64. The third kappa shape index (κ3) is 4.57. The van der Waals surface area contributed by atoms with Crippen molar-refractivity contribution in [3.8, 4) is 0 Å². The zero-order valence-electron chi connectivity index (χ0n) is 16.3. The molecule has 2 aromatic rings. The topological polar surface area (TPSA) is 49.4 Å². The minimum Gasteiger partial charge on any atom is -0.339 e. The van der Waals surface area contributed by atoms with Crippen molar-refractivity contribution in [2.45, 2.75) is 46.0 Å². The Hall–Kier alpha value is -2.62. The van der Waals surface area contributed by atoms with E-state index in [1.807, 2.05) is 30.0 Å². The van der Waals surface area contributed by atoms with Gasteiger partial charge in [-0.3, -0.25) is 9.59 Å². The normalized spacial score (nSPS) is 14.5. The molecule has 0 atom stereocenters. The van der Waals surface area contributed by atoms with Crippen LogP contribution in [0.2, 0.25) is 0 Å². The third-order valence-corrected chi connectivity index (χ3v) is 5.24. The van der Waals surface area contributed by atoms with Gasteiger partial charge in [0.15, 0.2) is 0 Å². The molecule has 1 aliphatic heterocycles. The number of amides is 2. The largest absolute Gasteiger partial charge is 0.339 e. The fraction of sp³-hybridized carbons (Fsp3) is 0.391. The first-order valence-corrected chi connectivity index (χ1v) is 9.89. The summed E-state index contributed by atoms with van der Waals surface area (Å²) >= 11 is 0. The molecular formula is C23H28N2O2. The maximum absolute atomic E-state index is 12.8. The van der Waals surface area contributed by atoms with Crippen LogP contribution in [-0.4, -0.2) is 29.8 Å². The maximum atomic E-state index is 12.8. The van der Waals surface area contributed by atoms with Crippen molar-refractivity contribution in [2.24, 2.45) is 0 Å². The van der Waals surface area contributed by atoms with Gasteiger partial charge >= 0.3 is 0 Å². The molecule has 27 heavy (non-hydrogen) atoms. The van der Waals surface area contributed by atoms with E-state index in [9.17, 15) is 9.59 Å². The number of nitrogens with zero attached hydrogens (tertiary/aromatic N) is 1. The number of likely N-dealkylation sites (tertiary alicyclic amines) is 1. The van der Waals surface area contributed by atoms with E-state index >= 15 is 0 Å². The molecule has 1 aliphatic rings. The number of nitrogens with one attached hydrogen (secondary N) is 1. The lowest BCUT2D eigenvalue weighted by molar-refractivity contribution is 0.0761. The van der Waals surface area contributed by atoms with Gasteiger partial charge in [0.2, 0.25) is 0 Å². The number of aryl methyl sites for hydroxylation is 2. The lowest BCUT2D eigenvalue weighted by atomic mass is 10.0. The standard InChI is InChI=1S/C23H28N2O2/c1-3-18-11-8-10-17(2)21(18)24-22(26)19-12-9-13-20(16-19)23(27)25-14-6-4-5-7-15-25/h8-13,16H,3-7,14-15H2,1-2H3,(H,24,26). The van der Waals surface area contributed by atoms with Crippen LogP contribution in [-0.2, 0) is 6.42 Å². The molecule has 0 bridgehead atoms. The lowest BCUT2D eigenvalue weighted by Gasteiger charge is -2.20. The van der Waals surface area contributed by atoms with E-state index in [0.29, 0.717) is 11.1 Å². The summed E-state index contributed by atoms with van der Waals surface area (Å²) < 4.78 is 0. The average molecular weight is 364 g/mol. The van der Waals surface area contributed by atoms with Crippen LogP contribution < -0.4 is 5.32 Å². The summed E-state index contributed by atoms with van der Waals surface area (Å²) in [7, 11) is 0. The van der Waals surface area contributed by atoms with Crippen molar-refractivity contribution in [1.29, 1.82) is 0 Å². The predicted molar refractivity (Wildman–Crippen MR) is 109 cm³/mol. The minimum atomic E-state index is -0.176. The third-order valence-electron chi connectivity index (χ3n) is 5.24. The first-order chi connectivity index (χ1) is 13.1. The number of hydrogen-bond acceptors (Lipinski definition) is 2. The van der Waals surface area contributed by atoms with Gasteiger partial charge in [-0.05, 0) is 55.5 Å². The predicted octanol–water partition coefficient (Wildman–Crippen LogP) is 4.83. The van der Waals surface area contributed by atoms with Crippen LogP contribution in [0.15, 0.2) is 42.5 Å². The number of carbonyl (C=O) groups is 2. The van der Waals surface area contributed by atoms with Crippen LogP contribution in [0, 0.1) is 6.92 Å².